The maximum absolute atomic E-state index is 13.7. The second-order valence-electron chi connectivity index (χ2n) is 5.64. The van der Waals surface area contributed by atoms with E-state index in [0.29, 0.717) is 38.7 Å². The monoisotopic (exact) mass is 325 g/mol. The Labute approximate surface area is 134 Å². The maximum Gasteiger partial charge on any atom is 0.256 e. The van der Waals surface area contributed by atoms with Crippen molar-refractivity contribution < 1.29 is 18.4 Å². The minimum Gasteiger partial charge on any atom is -0.338 e. The predicted octanol–water partition coefficient (Wildman–Crippen LogP) is 1.38. The van der Waals surface area contributed by atoms with Crippen LogP contribution in [0.5, 0.6) is 0 Å². The van der Waals surface area contributed by atoms with E-state index in [1.54, 1.807) is 4.90 Å². The number of rotatable bonds is 4. The van der Waals surface area contributed by atoms with Crippen molar-refractivity contribution in [1.29, 1.82) is 0 Å². The standard InChI is InChI=1S/C16H21F2N3O2/c1-2-3-14(19)16(23)21-8-6-20(7-9-21)15(22)12-5-4-11(17)10-13(12)18/h4-5,10,14H,2-3,6-9,19H2,1H3. The summed E-state index contributed by atoms with van der Waals surface area (Å²) < 4.78 is 26.6. The molecule has 1 unspecified atom stereocenters. The minimum absolute atomic E-state index is 0.119. The number of nitrogens with zero attached hydrogens (tertiary/aromatic N) is 2. The Hall–Kier alpha value is -2.02. The number of hydrogen-bond acceptors (Lipinski definition) is 3. The molecule has 1 heterocycles. The number of carbonyl (C=O) groups is 2. The van der Waals surface area contributed by atoms with Crippen LogP contribution in [0.2, 0.25) is 0 Å². The van der Waals surface area contributed by atoms with Crippen molar-refractivity contribution in [2.24, 2.45) is 5.73 Å². The Morgan fingerprint density at radius 3 is 2.35 bits per heavy atom. The molecular formula is C16H21F2N3O2. The van der Waals surface area contributed by atoms with E-state index in [1.807, 2.05) is 6.92 Å². The molecule has 1 aliphatic heterocycles. The summed E-state index contributed by atoms with van der Waals surface area (Å²) in [6, 6.07) is 2.37. The zero-order valence-corrected chi connectivity index (χ0v) is 13.1. The molecule has 0 aliphatic carbocycles. The van der Waals surface area contributed by atoms with Crippen LogP contribution in [0, 0.1) is 11.6 Å². The molecule has 126 valence electrons. The van der Waals surface area contributed by atoms with Crippen molar-refractivity contribution in [3.05, 3.63) is 35.4 Å². The smallest absolute Gasteiger partial charge is 0.256 e. The second kappa shape index (κ2) is 7.50. The van der Waals surface area contributed by atoms with Gasteiger partial charge >= 0.3 is 0 Å². The van der Waals surface area contributed by atoms with Crippen molar-refractivity contribution in [3.8, 4) is 0 Å². The number of carbonyl (C=O) groups excluding carboxylic acids is 2. The van der Waals surface area contributed by atoms with Gasteiger partial charge in [0.25, 0.3) is 5.91 Å². The van der Waals surface area contributed by atoms with Gasteiger partial charge in [-0.15, -0.1) is 0 Å². The number of benzene rings is 1. The minimum atomic E-state index is -0.876. The van der Waals surface area contributed by atoms with Crippen molar-refractivity contribution in [1.82, 2.24) is 9.80 Å². The second-order valence-corrected chi connectivity index (χ2v) is 5.64. The van der Waals surface area contributed by atoms with Crippen LogP contribution in [0.25, 0.3) is 0 Å². The van der Waals surface area contributed by atoms with Gasteiger partial charge in [0, 0.05) is 32.2 Å². The summed E-state index contributed by atoms with van der Waals surface area (Å²) in [6.45, 7) is 3.30. The van der Waals surface area contributed by atoms with E-state index in [2.05, 4.69) is 0 Å². The zero-order valence-electron chi connectivity index (χ0n) is 13.1. The van der Waals surface area contributed by atoms with Crippen molar-refractivity contribution >= 4 is 11.8 Å². The summed E-state index contributed by atoms with van der Waals surface area (Å²) in [5.41, 5.74) is 5.66. The SMILES string of the molecule is CCCC(N)C(=O)N1CCN(C(=O)c2ccc(F)cc2F)CC1. The van der Waals surface area contributed by atoms with Gasteiger partial charge in [-0.05, 0) is 18.6 Å². The number of hydrogen-bond donors (Lipinski definition) is 1. The molecule has 0 spiro atoms. The fourth-order valence-electron chi connectivity index (χ4n) is 2.63. The molecule has 0 bridgehead atoms. The van der Waals surface area contributed by atoms with Crippen LogP contribution in [0.1, 0.15) is 30.1 Å². The van der Waals surface area contributed by atoms with Gasteiger partial charge in [0.1, 0.15) is 11.6 Å². The Kier molecular flexibility index (Phi) is 5.65. The van der Waals surface area contributed by atoms with Gasteiger partial charge in [-0.25, -0.2) is 8.78 Å². The summed E-state index contributed by atoms with van der Waals surface area (Å²) in [7, 11) is 0. The van der Waals surface area contributed by atoms with Crippen LogP contribution in [-0.2, 0) is 4.79 Å². The summed E-state index contributed by atoms with van der Waals surface area (Å²) in [5.74, 6) is -2.21. The molecule has 2 amide bonds. The summed E-state index contributed by atoms with van der Waals surface area (Å²) >= 11 is 0. The van der Waals surface area contributed by atoms with Crippen LogP contribution in [-0.4, -0.2) is 53.8 Å². The summed E-state index contributed by atoms with van der Waals surface area (Å²) in [4.78, 5) is 27.5. The fourth-order valence-corrected chi connectivity index (χ4v) is 2.63. The molecular weight excluding hydrogens is 304 g/mol. The fraction of sp³-hybridized carbons (Fsp3) is 0.500. The topological polar surface area (TPSA) is 66.6 Å². The predicted molar refractivity (Wildman–Crippen MR) is 81.7 cm³/mol. The van der Waals surface area contributed by atoms with Crippen molar-refractivity contribution in [2.45, 2.75) is 25.8 Å². The van der Waals surface area contributed by atoms with Gasteiger partial charge in [-0.2, -0.15) is 0 Å². The molecule has 1 atom stereocenters. The normalized spacial score (nSPS) is 16.3. The molecule has 7 heteroatoms. The number of amides is 2. The van der Waals surface area contributed by atoms with Gasteiger partial charge in [0.2, 0.25) is 5.91 Å². The molecule has 2 N–H and O–H groups in total. The third-order valence-electron chi connectivity index (χ3n) is 3.96. The summed E-state index contributed by atoms with van der Waals surface area (Å²) in [6.07, 6.45) is 1.45. The Bertz CT molecular complexity index is 587. The van der Waals surface area contributed by atoms with Gasteiger partial charge < -0.3 is 15.5 Å². The van der Waals surface area contributed by atoms with E-state index in [4.69, 9.17) is 5.73 Å². The van der Waals surface area contributed by atoms with Gasteiger partial charge in [0.05, 0.1) is 11.6 Å². The lowest BCUT2D eigenvalue weighted by molar-refractivity contribution is -0.134. The van der Waals surface area contributed by atoms with Gasteiger partial charge in [-0.1, -0.05) is 13.3 Å². The zero-order chi connectivity index (χ0) is 17.0. The maximum atomic E-state index is 13.7. The molecule has 1 aliphatic rings. The first-order valence-corrected chi connectivity index (χ1v) is 7.72. The van der Waals surface area contributed by atoms with E-state index < -0.39 is 23.6 Å². The molecule has 1 aromatic rings. The van der Waals surface area contributed by atoms with Crippen LogP contribution >= 0.6 is 0 Å². The van der Waals surface area contributed by atoms with E-state index in [0.717, 1.165) is 18.6 Å². The molecule has 1 fully saturated rings. The Morgan fingerprint density at radius 1 is 1.17 bits per heavy atom. The van der Waals surface area contributed by atoms with Gasteiger partial charge in [-0.3, -0.25) is 9.59 Å². The lowest BCUT2D eigenvalue weighted by atomic mass is 10.1. The van der Waals surface area contributed by atoms with Crippen LogP contribution < -0.4 is 5.73 Å². The first-order chi connectivity index (χ1) is 10.9. The van der Waals surface area contributed by atoms with E-state index in [9.17, 15) is 18.4 Å². The molecule has 1 saturated heterocycles. The third-order valence-corrected chi connectivity index (χ3v) is 3.96. The Balaban J connectivity index is 1.96. The highest BCUT2D eigenvalue weighted by Crippen LogP contribution is 2.14. The van der Waals surface area contributed by atoms with Crippen molar-refractivity contribution in [2.75, 3.05) is 26.2 Å². The van der Waals surface area contributed by atoms with Crippen molar-refractivity contribution in [3.63, 3.8) is 0 Å². The molecule has 0 radical (unpaired) electrons. The molecule has 1 aromatic carbocycles. The molecule has 0 saturated carbocycles. The first kappa shape index (κ1) is 17.3. The number of piperazine rings is 1. The van der Waals surface area contributed by atoms with E-state index in [-0.39, 0.29) is 11.5 Å². The highest BCUT2D eigenvalue weighted by Gasteiger charge is 2.28. The highest BCUT2D eigenvalue weighted by molar-refractivity contribution is 5.94. The first-order valence-electron chi connectivity index (χ1n) is 7.72. The highest BCUT2D eigenvalue weighted by atomic mass is 19.1. The molecule has 23 heavy (non-hydrogen) atoms. The third kappa shape index (κ3) is 4.04. The van der Waals surface area contributed by atoms with Gasteiger partial charge in [0.15, 0.2) is 0 Å². The number of nitrogens with two attached hydrogens (primary N) is 1. The largest absolute Gasteiger partial charge is 0.338 e. The lowest BCUT2D eigenvalue weighted by Crippen LogP contribution is -2.54. The molecule has 2 rings (SSSR count). The van der Waals surface area contributed by atoms with Crippen LogP contribution in [0.3, 0.4) is 0 Å². The summed E-state index contributed by atoms with van der Waals surface area (Å²) in [5, 5.41) is 0. The van der Waals surface area contributed by atoms with Crippen LogP contribution in [0.15, 0.2) is 18.2 Å². The number of halogens is 2. The average molecular weight is 325 g/mol. The van der Waals surface area contributed by atoms with E-state index >= 15 is 0 Å². The lowest BCUT2D eigenvalue weighted by Gasteiger charge is -2.36. The quantitative estimate of drug-likeness (QED) is 0.909. The van der Waals surface area contributed by atoms with Crippen LogP contribution in [0.4, 0.5) is 8.78 Å². The molecule has 5 nitrogen and oxygen atoms in total. The molecule has 0 aromatic heterocycles. The average Bonchev–Trinajstić information content (AvgIpc) is 2.54. The Morgan fingerprint density at radius 2 is 1.78 bits per heavy atom. The van der Waals surface area contributed by atoms with E-state index in [1.165, 1.54) is 4.90 Å².